The van der Waals surface area contributed by atoms with Gasteiger partial charge in [0, 0.05) is 5.92 Å². The van der Waals surface area contributed by atoms with Crippen molar-refractivity contribution in [3.8, 4) is 5.75 Å². The van der Waals surface area contributed by atoms with E-state index >= 15 is 0 Å². The quantitative estimate of drug-likeness (QED) is 0.290. The first-order chi connectivity index (χ1) is 12.9. The maximum Gasteiger partial charge on any atom is 0.119 e. The molecule has 144 valence electrons. The minimum absolute atomic E-state index is 0.445. The second-order valence-corrected chi connectivity index (χ2v) is 7.60. The van der Waals surface area contributed by atoms with Crippen LogP contribution in [0.25, 0.3) is 0 Å². The van der Waals surface area contributed by atoms with Crippen molar-refractivity contribution in [2.45, 2.75) is 89.9 Å². The van der Waals surface area contributed by atoms with Crippen LogP contribution >= 0.6 is 0 Å². The third-order valence-electron chi connectivity index (χ3n) is 5.28. The molecule has 0 fully saturated rings. The smallest absolute Gasteiger partial charge is 0.119 e. The summed E-state index contributed by atoms with van der Waals surface area (Å²) < 4.78 is 5.88. The molecule has 0 aromatic heterocycles. The van der Waals surface area contributed by atoms with Crippen molar-refractivity contribution < 1.29 is 4.74 Å². The van der Waals surface area contributed by atoms with Crippen LogP contribution in [-0.2, 0) is 0 Å². The molecule has 2 rings (SSSR count). The van der Waals surface area contributed by atoms with Crippen molar-refractivity contribution in [3.05, 3.63) is 54.1 Å². The number of ether oxygens (including phenoxy) is 1. The summed E-state index contributed by atoms with van der Waals surface area (Å²) in [6.45, 7) is 3.13. The third kappa shape index (κ3) is 8.74. The summed E-state index contributed by atoms with van der Waals surface area (Å²) >= 11 is 0. The minimum atomic E-state index is 0.445. The van der Waals surface area contributed by atoms with E-state index in [4.69, 9.17) is 4.74 Å². The Labute approximate surface area is 161 Å². The van der Waals surface area contributed by atoms with Crippen molar-refractivity contribution >= 4 is 0 Å². The van der Waals surface area contributed by atoms with Crippen molar-refractivity contribution in [1.82, 2.24) is 0 Å². The fourth-order valence-electron chi connectivity index (χ4n) is 3.57. The van der Waals surface area contributed by atoms with Gasteiger partial charge in [-0.2, -0.15) is 0 Å². The average Bonchev–Trinajstić information content (AvgIpc) is 3.21. The van der Waals surface area contributed by atoms with E-state index in [2.05, 4.69) is 55.5 Å². The van der Waals surface area contributed by atoms with E-state index in [1.54, 1.807) is 0 Å². The molecule has 1 aliphatic carbocycles. The van der Waals surface area contributed by atoms with Gasteiger partial charge in [-0.3, -0.25) is 0 Å². The second kappa shape index (κ2) is 13.7. The Bertz CT molecular complexity index is 499. The van der Waals surface area contributed by atoms with Crippen molar-refractivity contribution in [1.29, 1.82) is 0 Å². The Morgan fingerprint density at radius 3 is 1.69 bits per heavy atom. The average molecular weight is 355 g/mol. The van der Waals surface area contributed by atoms with E-state index < -0.39 is 0 Å². The molecular formula is C25H38O. The Morgan fingerprint density at radius 2 is 1.15 bits per heavy atom. The Hall–Kier alpha value is -1.50. The Kier molecular flexibility index (Phi) is 10.9. The zero-order chi connectivity index (χ0) is 18.3. The third-order valence-corrected chi connectivity index (χ3v) is 5.28. The van der Waals surface area contributed by atoms with E-state index in [0.29, 0.717) is 5.92 Å². The lowest BCUT2D eigenvalue weighted by Crippen LogP contribution is -1.98. The first kappa shape index (κ1) is 20.8. The first-order valence-corrected chi connectivity index (χ1v) is 11.0. The lowest BCUT2D eigenvalue weighted by atomic mass is 10.0. The van der Waals surface area contributed by atoms with Crippen molar-refractivity contribution in [2.75, 3.05) is 6.61 Å². The van der Waals surface area contributed by atoms with Gasteiger partial charge in [0.2, 0.25) is 0 Å². The van der Waals surface area contributed by atoms with E-state index in [9.17, 15) is 0 Å². The molecule has 0 spiro atoms. The van der Waals surface area contributed by atoms with E-state index in [1.165, 1.54) is 82.6 Å². The topological polar surface area (TPSA) is 9.23 Å². The molecule has 1 aliphatic rings. The minimum Gasteiger partial charge on any atom is -0.494 e. The van der Waals surface area contributed by atoms with Gasteiger partial charge in [-0.1, -0.05) is 114 Å². The summed E-state index contributed by atoms with van der Waals surface area (Å²) in [5.41, 5.74) is 1.34. The Balaban J connectivity index is 1.40. The SMILES string of the molecule is CCCCCCCCCCCCCCOc1ccc(C2C=CC=C2)cc1. The van der Waals surface area contributed by atoms with Crippen LogP contribution in [0, 0.1) is 0 Å². The summed E-state index contributed by atoms with van der Waals surface area (Å²) in [5.74, 6) is 1.45. The molecule has 1 heteroatoms. The number of hydrogen-bond donors (Lipinski definition) is 0. The molecule has 0 bridgehead atoms. The molecule has 0 amide bonds. The van der Waals surface area contributed by atoms with Gasteiger partial charge in [0.15, 0.2) is 0 Å². The summed E-state index contributed by atoms with van der Waals surface area (Å²) in [5, 5.41) is 0. The molecule has 0 aliphatic heterocycles. The van der Waals surface area contributed by atoms with Gasteiger partial charge < -0.3 is 4.74 Å². The highest BCUT2D eigenvalue weighted by Crippen LogP contribution is 2.24. The standard InChI is InChI=1S/C25H38O/c1-2-3-4-5-6-7-8-9-10-11-12-15-22-26-25-20-18-24(19-21-25)23-16-13-14-17-23/h13-14,16-21,23H,2-12,15,22H2,1H3. The molecule has 1 aromatic rings. The van der Waals surface area contributed by atoms with E-state index in [0.717, 1.165) is 12.4 Å². The van der Waals surface area contributed by atoms with Gasteiger partial charge in [0.25, 0.3) is 0 Å². The van der Waals surface area contributed by atoms with Gasteiger partial charge in [-0.25, -0.2) is 0 Å². The fourth-order valence-corrected chi connectivity index (χ4v) is 3.57. The molecule has 0 atom stereocenters. The number of unbranched alkanes of at least 4 members (excludes halogenated alkanes) is 11. The highest BCUT2D eigenvalue weighted by Gasteiger charge is 2.06. The number of rotatable bonds is 15. The number of allylic oxidation sites excluding steroid dienone is 4. The van der Waals surface area contributed by atoms with Gasteiger partial charge >= 0.3 is 0 Å². The van der Waals surface area contributed by atoms with Crippen LogP contribution < -0.4 is 4.74 Å². The second-order valence-electron chi connectivity index (χ2n) is 7.60. The number of benzene rings is 1. The lowest BCUT2D eigenvalue weighted by Gasteiger charge is -2.09. The highest BCUT2D eigenvalue weighted by molar-refractivity contribution is 5.37. The molecule has 0 saturated carbocycles. The van der Waals surface area contributed by atoms with Crippen molar-refractivity contribution in [2.24, 2.45) is 0 Å². The molecule has 0 unspecified atom stereocenters. The van der Waals surface area contributed by atoms with Crippen LogP contribution in [-0.4, -0.2) is 6.61 Å². The normalized spacial score (nSPS) is 13.6. The van der Waals surface area contributed by atoms with Gasteiger partial charge in [-0.15, -0.1) is 0 Å². The molecule has 0 saturated heterocycles. The van der Waals surface area contributed by atoms with Crippen LogP contribution in [0.5, 0.6) is 5.75 Å². The fraction of sp³-hybridized carbons (Fsp3) is 0.600. The zero-order valence-electron chi connectivity index (χ0n) is 16.8. The van der Waals surface area contributed by atoms with Gasteiger partial charge in [0.1, 0.15) is 5.75 Å². The lowest BCUT2D eigenvalue weighted by molar-refractivity contribution is 0.304. The molecular weight excluding hydrogens is 316 g/mol. The van der Waals surface area contributed by atoms with Crippen molar-refractivity contribution in [3.63, 3.8) is 0 Å². The summed E-state index contributed by atoms with van der Waals surface area (Å²) in [4.78, 5) is 0. The predicted molar refractivity (Wildman–Crippen MR) is 114 cm³/mol. The van der Waals surface area contributed by atoms with E-state index in [-0.39, 0.29) is 0 Å². The monoisotopic (exact) mass is 354 g/mol. The molecule has 0 radical (unpaired) electrons. The molecule has 0 N–H and O–H groups in total. The van der Waals surface area contributed by atoms with E-state index in [1.807, 2.05) is 0 Å². The van der Waals surface area contributed by atoms with Crippen LogP contribution in [0.2, 0.25) is 0 Å². The van der Waals surface area contributed by atoms with Crippen LogP contribution in [0.3, 0.4) is 0 Å². The first-order valence-electron chi connectivity index (χ1n) is 11.0. The van der Waals surface area contributed by atoms with Gasteiger partial charge in [0.05, 0.1) is 6.61 Å². The summed E-state index contributed by atoms with van der Waals surface area (Å²) in [6.07, 6.45) is 25.3. The number of hydrogen-bond acceptors (Lipinski definition) is 1. The maximum absolute atomic E-state index is 5.88. The van der Waals surface area contributed by atoms with Crippen LogP contribution in [0.15, 0.2) is 48.6 Å². The predicted octanol–water partition coefficient (Wildman–Crippen LogP) is 7.98. The maximum atomic E-state index is 5.88. The molecule has 1 aromatic carbocycles. The van der Waals surface area contributed by atoms with Gasteiger partial charge in [-0.05, 0) is 24.1 Å². The van der Waals surface area contributed by atoms with Crippen LogP contribution in [0.4, 0.5) is 0 Å². The largest absolute Gasteiger partial charge is 0.494 e. The molecule has 0 heterocycles. The molecule has 1 nitrogen and oxygen atoms in total. The molecule has 26 heavy (non-hydrogen) atoms. The summed E-state index contributed by atoms with van der Waals surface area (Å²) in [6, 6.07) is 8.58. The van der Waals surface area contributed by atoms with Crippen LogP contribution in [0.1, 0.15) is 95.5 Å². The Morgan fingerprint density at radius 1 is 0.654 bits per heavy atom. The zero-order valence-corrected chi connectivity index (χ0v) is 16.8. The highest BCUT2D eigenvalue weighted by atomic mass is 16.5. The summed E-state index contributed by atoms with van der Waals surface area (Å²) in [7, 11) is 0.